The van der Waals surface area contributed by atoms with Crippen LogP contribution >= 0.6 is 0 Å². The molecule has 7 nitrogen and oxygen atoms in total. The van der Waals surface area contributed by atoms with Gasteiger partial charge in [0.2, 0.25) is 17.6 Å². The van der Waals surface area contributed by atoms with Crippen LogP contribution < -0.4 is 10.1 Å². The molecule has 2 heterocycles. The van der Waals surface area contributed by atoms with Gasteiger partial charge in [-0.1, -0.05) is 68.4 Å². The number of aromatic nitrogens is 2. The first-order valence-corrected chi connectivity index (χ1v) is 11.9. The van der Waals surface area contributed by atoms with Gasteiger partial charge in [-0.05, 0) is 36.4 Å². The van der Waals surface area contributed by atoms with Crippen LogP contribution in [0.1, 0.15) is 50.6 Å². The standard InChI is InChI=1S/C27H34N4O3/c1-27(2,3)22-13-11-19(12-14-22)25-29-24(34-30-25)18-31-15-7-9-21(17-31)26(32)28-16-20-8-5-6-10-23(20)33-4/h5-6,8,10-14,21H,7,9,15-18H2,1-4H3,(H,28,32). The summed E-state index contributed by atoms with van der Waals surface area (Å²) in [4.78, 5) is 19.6. The highest BCUT2D eigenvalue weighted by Gasteiger charge is 2.27. The molecular weight excluding hydrogens is 428 g/mol. The highest BCUT2D eigenvalue weighted by Crippen LogP contribution is 2.26. The molecule has 0 aliphatic carbocycles. The minimum absolute atomic E-state index is 0.0595. The molecule has 0 radical (unpaired) electrons. The lowest BCUT2D eigenvalue weighted by molar-refractivity contribution is -0.127. The monoisotopic (exact) mass is 462 g/mol. The molecule has 1 amide bonds. The molecule has 0 saturated carbocycles. The van der Waals surface area contributed by atoms with Crippen molar-refractivity contribution < 1.29 is 14.1 Å². The molecule has 1 fully saturated rings. The molecule has 180 valence electrons. The average Bonchev–Trinajstić information content (AvgIpc) is 3.31. The summed E-state index contributed by atoms with van der Waals surface area (Å²) in [7, 11) is 1.64. The number of carbonyl (C=O) groups excluding carboxylic acids is 1. The van der Waals surface area contributed by atoms with Crippen molar-refractivity contribution in [3.8, 4) is 17.1 Å². The molecule has 1 aliphatic rings. The third kappa shape index (κ3) is 5.83. The molecule has 1 saturated heterocycles. The molecule has 1 N–H and O–H groups in total. The number of hydrogen-bond acceptors (Lipinski definition) is 6. The van der Waals surface area contributed by atoms with Crippen LogP contribution in [0.3, 0.4) is 0 Å². The van der Waals surface area contributed by atoms with Gasteiger partial charge in [-0.3, -0.25) is 9.69 Å². The Bertz CT molecular complexity index is 1100. The van der Waals surface area contributed by atoms with Crippen LogP contribution in [0.25, 0.3) is 11.4 Å². The Morgan fingerprint density at radius 1 is 1.18 bits per heavy atom. The number of likely N-dealkylation sites (tertiary alicyclic amines) is 1. The number of nitrogens with zero attached hydrogens (tertiary/aromatic N) is 3. The van der Waals surface area contributed by atoms with Gasteiger partial charge in [0.15, 0.2) is 0 Å². The van der Waals surface area contributed by atoms with Crippen molar-refractivity contribution in [1.29, 1.82) is 0 Å². The molecule has 4 rings (SSSR count). The molecule has 3 aromatic rings. The van der Waals surface area contributed by atoms with Gasteiger partial charge in [-0.15, -0.1) is 0 Å². The van der Waals surface area contributed by atoms with Crippen LogP contribution in [0.5, 0.6) is 5.75 Å². The molecule has 1 atom stereocenters. The number of nitrogens with one attached hydrogen (secondary N) is 1. The summed E-state index contributed by atoms with van der Waals surface area (Å²) >= 11 is 0. The molecule has 2 aromatic carbocycles. The summed E-state index contributed by atoms with van der Waals surface area (Å²) in [6.07, 6.45) is 1.84. The zero-order valence-electron chi connectivity index (χ0n) is 20.5. The number of para-hydroxylation sites is 1. The summed E-state index contributed by atoms with van der Waals surface area (Å²) in [6.45, 7) is 9.17. The fourth-order valence-electron chi connectivity index (χ4n) is 4.34. The van der Waals surface area contributed by atoms with Gasteiger partial charge in [-0.2, -0.15) is 4.98 Å². The maximum absolute atomic E-state index is 12.8. The van der Waals surface area contributed by atoms with Gasteiger partial charge in [0.05, 0.1) is 19.6 Å². The SMILES string of the molecule is COc1ccccc1CNC(=O)C1CCCN(Cc2nc(-c3ccc(C(C)(C)C)cc3)no2)C1. The molecule has 0 bridgehead atoms. The fraction of sp³-hybridized carbons (Fsp3) is 0.444. The maximum Gasteiger partial charge on any atom is 0.241 e. The van der Waals surface area contributed by atoms with Crippen LogP contribution in [-0.4, -0.2) is 41.1 Å². The Morgan fingerprint density at radius 3 is 2.68 bits per heavy atom. The van der Waals surface area contributed by atoms with E-state index in [1.54, 1.807) is 7.11 Å². The summed E-state index contributed by atoms with van der Waals surface area (Å²) in [5.74, 6) is 1.97. The van der Waals surface area contributed by atoms with Gasteiger partial charge >= 0.3 is 0 Å². The van der Waals surface area contributed by atoms with Crippen LogP contribution in [-0.2, 0) is 23.3 Å². The quantitative estimate of drug-likeness (QED) is 0.554. The second-order valence-corrected chi connectivity index (χ2v) is 9.94. The Balaban J connectivity index is 1.32. The zero-order valence-corrected chi connectivity index (χ0v) is 20.5. The van der Waals surface area contributed by atoms with Gasteiger partial charge in [-0.25, -0.2) is 0 Å². The summed E-state index contributed by atoms with van der Waals surface area (Å²) in [6, 6.07) is 16.1. The number of ether oxygens (including phenoxy) is 1. The third-order valence-electron chi connectivity index (χ3n) is 6.36. The van der Waals surface area contributed by atoms with Crippen molar-refractivity contribution in [2.24, 2.45) is 5.92 Å². The van der Waals surface area contributed by atoms with Crippen molar-refractivity contribution >= 4 is 5.91 Å². The Hall–Kier alpha value is -3.19. The number of amides is 1. The van der Waals surface area contributed by atoms with E-state index in [-0.39, 0.29) is 17.2 Å². The van der Waals surface area contributed by atoms with Crippen LogP contribution in [0.15, 0.2) is 53.1 Å². The minimum Gasteiger partial charge on any atom is -0.496 e. The largest absolute Gasteiger partial charge is 0.496 e. The van der Waals surface area contributed by atoms with Crippen LogP contribution in [0.4, 0.5) is 0 Å². The highest BCUT2D eigenvalue weighted by molar-refractivity contribution is 5.79. The summed E-state index contributed by atoms with van der Waals surface area (Å²) in [5.41, 5.74) is 3.28. The third-order valence-corrected chi connectivity index (χ3v) is 6.36. The second kappa shape index (κ2) is 10.4. The van der Waals surface area contributed by atoms with Crippen LogP contribution in [0, 0.1) is 5.92 Å². The van der Waals surface area contributed by atoms with E-state index in [0.717, 1.165) is 36.3 Å². The van der Waals surface area contributed by atoms with Crippen molar-refractivity contribution in [2.75, 3.05) is 20.2 Å². The topological polar surface area (TPSA) is 80.5 Å². The van der Waals surface area contributed by atoms with Crippen molar-refractivity contribution in [3.05, 3.63) is 65.5 Å². The van der Waals surface area contributed by atoms with Crippen molar-refractivity contribution in [3.63, 3.8) is 0 Å². The smallest absolute Gasteiger partial charge is 0.241 e. The van der Waals surface area contributed by atoms with E-state index in [9.17, 15) is 4.79 Å². The number of carbonyl (C=O) groups is 1. The number of methoxy groups -OCH3 is 1. The number of benzene rings is 2. The van der Waals surface area contributed by atoms with E-state index in [0.29, 0.717) is 31.3 Å². The summed E-state index contributed by atoms with van der Waals surface area (Å²) in [5, 5.41) is 7.24. The molecule has 1 aliphatic heterocycles. The lowest BCUT2D eigenvalue weighted by Crippen LogP contribution is -2.42. The predicted molar refractivity (Wildman–Crippen MR) is 131 cm³/mol. The number of piperidine rings is 1. The number of hydrogen-bond donors (Lipinski definition) is 1. The van der Waals surface area contributed by atoms with E-state index in [1.807, 2.05) is 36.4 Å². The second-order valence-electron chi connectivity index (χ2n) is 9.94. The van der Waals surface area contributed by atoms with Crippen molar-refractivity contribution in [1.82, 2.24) is 20.4 Å². The normalized spacial score (nSPS) is 16.9. The molecule has 7 heteroatoms. The zero-order chi connectivity index (χ0) is 24.1. The predicted octanol–water partition coefficient (Wildman–Crippen LogP) is 4.57. The van der Waals surface area contributed by atoms with Gasteiger partial charge in [0.25, 0.3) is 0 Å². The van der Waals surface area contributed by atoms with E-state index in [2.05, 4.69) is 53.3 Å². The molecule has 34 heavy (non-hydrogen) atoms. The molecule has 1 unspecified atom stereocenters. The van der Waals surface area contributed by atoms with Crippen molar-refractivity contribution in [2.45, 2.75) is 52.1 Å². The first-order valence-electron chi connectivity index (χ1n) is 11.9. The van der Waals surface area contributed by atoms with E-state index >= 15 is 0 Å². The molecule has 1 aromatic heterocycles. The fourth-order valence-corrected chi connectivity index (χ4v) is 4.34. The van der Waals surface area contributed by atoms with Gasteiger partial charge in [0, 0.05) is 24.2 Å². The van der Waals surface area contributed by atoms with Gasteiger partial charge < -0.3 is 14.6 Å². The van der Waals surface area contributed by atoms with E-state index in [4.69, 9.17) is 9.26 Å². The Kier molecular flexibility index (Phi) is 7.32. The molecule has 0 spiro atoms. The maximum atomic E-state index is 12.8. The summed E-state index contributed by atoms with van der Waals surface area (Å²) < 4.78 is 10.9. The van der Waals surface area contributed by atoms with Gasteiger partial charge in [0.1, 0.15) is 5.75 Å². The minimum atomic E-state index is -0.0595. The lowest BCUT2D eigenvalue weighted by atomic mass is 9.87. The lowest BCUT2D eigenvalue weighted by Gasteiger charge is -2.30. The Labute approximate surface area is 201 Å². The first kappa shape index (κ1) is 24.0. The van der Waals surface area contributed by atoms with E-state index < -0.39 is 0 Å². The van der Waals surface area contributed by atoms with Crippen LogP contribution in [0.2, 0.25) is 0 Å². The highest BCUT2D eigenvalue weighted by atomic mass is 16.5. The number of rotatable bonds is 7. The Morgan fingerprint density at radius 2 is 1.94 bits per heavy atom. The molecular formula is C27H34N4O3. The average molecular weight is 463 g/mol. The first-order chi connectivity index (χ1) is 16.3. The van der Waals surface area contributed by atoms with E-state index in [1.165, 1.54) is 5.56 Å².